The maximum Gasteiger partial charge on any atom is 0.255 e. The summed E-state index contributed by atoms with van der Waals surface area (Å²) in [5.74, 6) is 1.36. The number of hydrogen-bond donors (Lipinski definition) is 1. The molecule has 0 saturated carbocycles. The van der Waals surface area contributed by atoms with Crippen molar-refractivity contribution in [3.05, 3.63) is 59.3 Å². The van der Waals surface area contributed by atoms with Gasteiger partial charge in [-0.2, -0.15) is 0 Å². The van der Waals surface area contributed by atoms with Crippen LogP contribution < -0.4 is 5.32 Å². The number of rotatable bonds is 4. The Hall–Kier alpha value is -2.87. The summed E-state index contributed by atoms with van der Waals surface area (Å²) in [6.45, 7) is 2.58. The Bertz CT molecular complexity index is 899. The van der Waals surface area contributed by atoms with Crippen LogP contribution in [0.25, 0.3) is 0 Å². The summed E-state index contributed by atoms with van der Waals surface area (Å²) in [7, 11) is 0. The minimum atomic E-state index is -0.0544. The quantitative estimate of drug-likeness (QED) is 0.762. The topological polar surface area (TPSA) is 83.9 Å². The number of nitrogens with one attached hydrogen (secondary N) is 1. The summed E-state index contributed by atoms with van der Waals surface area (Å²) in [4.78, 5) is 32.1. The summed E-state index contributed by atoms with van der Waals surface area (Å²) in [5, 5.41) is 5.89. The number of pyridine rings is 1. The van der Waals surface area contributed by atoms with E-state index < -0.39 is 0 Å². The predicted molar refractivity (Wildman–Crippen MR) is 99.4 cm³/mol. The zero-order valence-corrected chi connectivity index (χ0v) is 15.1. The van der Waals surface area contributed by atoms with Gasteiger partial charge in [0.25, 0.3) is 5.91 Å². The second-order valence-corrected chi connectivity index (χ2v) is 6.98. The standard InChI is InChI=1S/C18H18N6OS/c1-12-21-14(10-16(22-12)23-18-20-7-9-26-18)15-5-3-8-24(15)17(25)13-4-2-6-19-11-13/h2,4,6-7,9-11,15H,3,5,8H2,1H3,(H,20,21,22,23)/t15-/m0/s1. The molecule has 0 aliphatic carbocycles. The fourth-order valence-corrected chi connectivity index (χ4v) is 3.73. The molecule has 4 rings (SSSR count). The molecule has 26 heavy (non-hydrogen) atoms. The number of nitrogens with zero attached hydrogens (tertiary/aromatic N) is 5. The van der Waals surface area contributed by atoms with Crippen LogP contribution in [0.1, 0.15) is 40.8 Å². The van der Waals surface area contributed by atoms with Gasteiger partial charge in [0.05, 0.1) is 17.3 Å². The van der Waals surface area contributed by atoms with Gasteiger partial charge >= 0.3 is 0 Å². The molecule has 0 bridgehead atoms. The smallest absolute Gasteiger partial charge is 0.255 e. The van der Waals surface area contributed by atoms with Gasteiger partial charge in [0.15, 0.2) is 5.13 Å². The number of carbonyl (C=O) groups excluding carboxylic acids is 1. The van der Waals surface area contributed by atoms with Crippen molar-refractivity contribution in [3.8, 4) is 0 Å². The SMILES string of the molecule is Cc1nc(Nc2nccs2)cc([C@@H]2CCCN2C(=O)c2cccnc2)n1. The summed E-state index contributed by atoms with van der Waals surface area (Å²) < 4.78 is 0. The van der Waals surface area contributed by atoms with Crippen molar-refractivity contribution in [2.45, 2.75) is 25.8 Å². The van der Waals surface area contributed by atoms with Crippen LogP contribution in [0.15, 0.2) is 42.2 Å². The highest BCUT2D eigenvalue weighted by atomic mass is 32.1. The highest BCUT2D eigenvalue weighted by Crippen LogP contribution is 2.33. The Morgan fingerprint density at radius 2 is 2.27 bits per heavy atom. The van der Waals surface area contributed by atoms with Crippen molar-refractivity contribution in [1.29, 1.82) is 0 Å². The van der Waals surface area contributed by atoms with Crippen LogP contribution in [0.2, 0.25) is 0 Å². The molecule has 0 unspecified atom stereocenters. The predicted octanol–water partition coefficient (Wildman–Crippen LogP) is 3.36. The number of likely N-dealkylation sites (tertiary alicyclic amines) is 1. The Labute approximate surface area is 155 Å². The molecule has 1 N–H and O–H groups in total. The third-order valence-corrected chi connectivity index (χ3v) is 4.98. The lowest BCUT2D eigenvalue weighted by Crippen LogP contribution is -2.31. The molecule has 1 atom stereocenters. The second-order valence-electron chi connectivity index (χ2n) is 6.09. The van der Waals surface area contributed by atoms with Crippen LogP contribution in [0, 0.1) is 6.92 Å². The highest BCUT2D eigenvalue weighted by Gasteiger charge is 2.32. The van der Waals surface area contributed by atoms with Crippen LogP contribution in [0.3, 0.4) is 0 Å². The number of aromatic nitrogens is 4. The maximum absolute atomic E-state index is 12.9. The normalized spacial score (nSPS) is 16.7. The number of thiazole rings is 1. The van der Waals surface area contributed by atoms with E-state index in [4.69, 9.17) is 0 Å². The van der Waals surface area contributed by atoms with Crippen LogP contribution >= 0.6 is 11.3 Å². The van der Waals surface area contributed by atoms with E-state index in [1.807, 2.05) is 23.3 Å². The largest absolute Gasteiger partial charge is 0.330 e. The van der Waals surface area contributed by atoms with Crippen molar-refractivity contribution in [2.24, 2.45) is 0 Å². The van der Waals surface area contributed by atoms with Gasteiger partial charge in [0, 0.05) is 36.6 Å². The van der Waals surface area contributed by atoms with E-state index in [0.717, 1.165) is 30.2 Å². The Morgan fingerprint density at radius 1 is 1.35 bits per heavy atom. The van der Waals surface area contributed by atoms with E-state index in [-0.39, 0.29) is 11.9 Å². The van der Waals surface area contributed by atoms with Gasteiger partial charge < -0.3 is 10.2 Å². The van der Waals surface area contributed by atoms with Gasteiger partial charge in [-0.05, 0) is 31.9 Å². The van der Waals surface area contributed by atoms with Gasteiger partial charge in [0.1, 0.15) is 11.6 Å². The molecular weight excluding hydrogens is 348 g/mol. The molecule has 132 valence electrons. The molecule has 0 radical (unpaired) electrons. The third-order valence-electron chi connectivity index (χ3n) is 4.29. The van der Waals surface area contributed by atoms with Gasteiger partial charge in [0.2, 0.25) is 0 Å². The number of hydrogen-bond acceptors (Lipinski definition) is 7. The first-order valence-corrected chi connectivity index (χ1v) is 9.32. The van der Waals surface area contributed by atoms with Crippen molar-refractivity contribution in [2.75, 3.05) is 11.9 Å². The second kappa shape index (κ2) is 7.17. The minimum absolute atomic E-state index is 0.00806. The molecule has 0 aromatic carbocycles. The molecule has 3 aromatic heterocycles. The molecule has 1 fully saturated rings. The summed E-state index contributed by atoms with van der Waals surface area (Å²) in [5.41, 5.74) is 1.46. The lowest BCUT2D eigenvalue weighted by Gasteiger charge is -2.24. The maximum atomic E-state index is 12.9. The summed E-state index contributed by atoms with van der Waals surface area (Å²) >= 11 is 1.51. The lowest BCUT2D eigenvalue weighted by molar-refractivity contribution is 0.0732. The van der Waals surface area contributed by atoms with E-state index >= 15 is 0 Å². The van der Waals surface area contributed by atoms with Crippen molar-refractivity contribution in [3.63, 3.8) is 0 Å². The first kappa shape index (κ1) is 16.6. The van der Waals surface area contributed by atoms with Gasteiger partial charge in [-0.15, -0.1) is 11.3 Å². The molecule has 1 amide bonds. The van der Waals surface area contributed by atoms with Crippen molar-refractivity contribution < 1.29 is 4.79 Å². The molecule has 1 aliphatic heterocycles. The third kappa shape index (κ3) is 3.41. The zero-order chi connectivity index (χ0) is 17.9. The molecule has 7 nitrogen and oxygen atoms in total. The molecule has 1 saturated heterocycles. The molecule has 8 heteroatoms. The molecule has 4 heterocycles. The van der Waals surface area contributed by atoms with E-state index in [1.54, 1.807) is 30.7 Å². The minimum Gasteiger partial charge on any atom is -0.330 e. The van der Waals surface area contributed by atoms with Gasteiger partial charge in [-0.1, -0.05) is 0 Å². The van der Waals surface area contributed by atoms with Crippen molar-refractivity contribution >= 4 is 28.2 Å². The zero-order valence-electron chi connectivity index (χ0n) is 14.3. The molecular formula is C18H18N6OS. The van der Waals surface area contributed by atoms with E-state index in [1.165, 1.54) is 11.3 Å². The van der Waals surface area contributed by atoms with Crippen molar-refractivity contribution in [1.82, 2.24) is 24.8 Å². The number of aryl methyl sites for hydroxylation is 1. The van der Waals surface area contributed by atoms with E-state index in [0.29, 0.717) is 17.2 Å². The number of anilines is 2. The molecule has 3 aromatic rings. The highest BCUT2D eigenvalue weighted by molar-refractivity contribution is 7.13. The summed E-state index contributed by atoms with van der Waals surface area (Å²) in [6.07, 6.45) is 6.86. The Balaban J connectivity index is 1.61. The monoisotopic (exact) mass is 366 g/mol. The van der Waals surface area contributed by atoms with Gasteiger partial charge in [-0.3, -0.25) is 9.78 Å². The van der Waals surface area contributed by atoms with E-state index in [2.05, 4.69) is 25.3 Å². The fourth-order valence-electron chi connectivity index (χ4n) is 3.19. The average molecular weight is 366 g/mol. The van der Waals surface area contributed by atoms with Crippen LogP contribution in [-0.2, 0) is 0 Å². The molecule has 1 aliphatic rings. The average Bonchev–Trinajstić information content (AvgIpc) is 3.33. The Morgan fingerprint density at radius 3 is 3.04 bits per heavy atom. The first-order valence-electron chi connectivity index (χ1n) is 8.44. The van der Waals surface area contributed by atoms with Gasteiger partial charge in [-0.25, -0.2) is 15.0 Å². The van der Waals surface area contributed by atoms with Crippen LogP contribution in [-0.4, -0.2) is 37.3 Å². The number of amides is 1. The first-order chi connectivity index (χ1) is 12.7. The summed E-state index contributed by atoms with van der Waals surface area (Å²) in [6, 6.07) is 5.43. The van der Waals surface area contributed by atoms with Crippen LogP contribution in [0.4, 0.5) is 10.9 Å². The lowest BCUT2D eigenvalue weighted by atomic mass is 10.1. The van der Waals surface area contributed by atoms with Crippen LogP contribution in [0.5, 0.6) is 0 Å². The molecule has 0 spiro atoms. The fraction of sp³-hybridized carbons (Fsp3) is 0.278. The van der Waals surface area contributed by atoms with E-state index in [9.17, 15) is 4.79 Å². The Kier molecular flexibility index (Phi) is 4.57. The number of carbonyl (C=O) groups is 1.